The molecule has 0 saturated heterocycles. The van der Waals surface area contributed by atoms with Crippen molar-refractivity contribution < 1.29 is 18.0 Å². The van der Waals surface area contributed by atoms with Crippen LogP contribution in [0.4, 0.5) is 18.9 Å². The lowest BCUT2D eigenvalue weighted by Gasteiger charge is -2.10. The van der Waals surface area contributed by atoms with E-state index in [1.54, 1.807) is 0 Å². The fourth-order valence-electron chi connectivity index (χ4n) is 1.67. The van der Waals surface area contributed by atoms with Crippen LogP contribution < -0.4 is 5.32 Å². The third-order valence-corrected chi connectivity index (χ3v) is 2.98. The molecule has 0 aliphatic carbocycles. The summed E-state index contributed by atoms with van der Waals surface area (Å²) in [5.74, 6) is -3.47. The Hall–Kier alpha value is -2.01. The maximum Gasteiger partial charge on any atom is 0.258 e. The van der Waals surface area contributed by atoms with Gasteiger partial charge in [0.15, 0.2) is 5.82 Å². The zero-order valence-corrected chi connectivity index (χ0v) is 11.1. The van der Waals surface area contributed by atoms with Crippen molar-refractivity contribution in [1.82, 2.24) is 0 Å². The molecule has 2 aromatic carbocycles. The summed E-state index contributed by atoms with van der Waals surface area (Å²) in [6.45, 7) is 1.50. The number of carbonyl (C=O) groups is 1. The van der Waals surface area contributed by atoms with Crippen molar-refractivity contribution in [1.29, 1.82) is 0 Å². The Bertz CT molecular complexity index is 665. The van der Waals surface area contributed by atoms with Gasteiger partial charge < -0.3 is 5.32 Å². The Labute approximate surface area is 118 Å². The molecule has 20 heavy (non-hydrogen) atoms. The highest BCUT2D eigenvalue weighted by molar-refractivity contribution is 6.34. The van der Waals surface area contributed by atoms with Crippen LogP contribution in [-0.4, -0.2) is 5.91 Å². The fraction of sp³-hybridized carbons (Fsp3) is 0.0714. The Morgan fingerprint density at radius 1 is 1.20 bits per heavy atom. The molecular formula is C14H9ClF3NO. The molecule has 0 saturated carbocycles. The Morgan fingerprint density at radius 3 is 2.55 bits per heavy atom. The summed E-state index contributed by atoms with van der Waals surface area (Å²) in [6, 6.07) is 5.68. The molecule has 0 radical (unpaired) electrons. The third-order valence-electron chi connectivity index (χ3n) is 2.68. The molecule has 1 amide bonds. The van der Waals surface area contributed by atoms with Crippen LogP contribution in [-0.2, 0) is 0 Å². The van der Waals surface area contributed by atoms with E-state index in [0.29, 0.717) is 6.07 Å². The number of anilines is 1. The summed E-state index contributed by atoms with van der Waals surface area (Å²) in [5, 5.41) is 1.84. The Balaban J connectivity index is 2.36. The van der Waals surface area contributed by atoms with E-state index in [9.17, 15) is 18.0 Å². The average Bonchev–Trinajstić information content (AvgIpc) is 2.36. The lowest BCUT2D eigenvalue weighted by Crippen LogP contribution is -2.15. The van der Waals surface area contributed by atoms with Crippen LogP contribution in [0, 0.1) is 24.4 Å². The minimum Gasteiger partial charge on any atom is -0.318 e. The first kappa shape index (κ1) is 14.4. The molecule has 6 heteroatoms. The van der Waals surface area contributed by atoms with E-state index in [0.717, 1.165) is 6.07 Å². The van der Waals surface area contributed by atoms with Gasteiger partial charge in [0.1, 0.15) is 11.6 Å². The number of benzene rings is 2. The van der Waals surface area contributed by atoms with Crippen LogP contribution in [0.2, 0.25) is 5.02 Å². The van der Waals surface area contributed by atoms with Gasteiger partial charge in [-0.3, -0.25) is 4.79 Å². The first-order valence-electron chi connectivity index (χ1n) is 5.61. The number of carbonyl (C=O) groups excluding carboxylic acids is 1. The van der Waals surface area contributed by atoms with Crippen molar-refractivity contribution in [3.63, 3.8) is 0 Å². The molecule has 2 aromatic rings. The van der Waals surface area contributed by atoms with Crippen LogP contribution in [0.25, 0.3) is 0 Å². The second-order valence-corrected chi connectivity index (χ2v) is 4.54. The maximum absolute atomic E-state index is 13.8. The van der Waals surface area contributed by atoms with Gasteiger partial charge in [0, 0.05) is 6.07 Å². The molecule has 0 aliphatic heterocycles. The second kappa shape index (κ2) is 5.54. The first-order valence-corrected chi connectivity index (χ1v) is 5.99. The molecule has 104 valence electrons. The van der Waals surface area contributed by atoms with E-state index in [1.807, 2.05) is 0 Å². The smallest absolute Gasteiger partial charge is 0.258 e. The average molecular weight is 300 g/mol. The highest BCUT2D eigenvalue weighted by Gasteiger charge is 2.17. The predicted octanol–water partition coefficient (Wildman–Crippen LogP) is 4.32. The van der Waals surface area contributed by atoms with Crippen molar-refractivity contribution in [2.45, 2.75) is 6.92 Å². The molecule has 2 rings (SSSR count). The van der Waals surface area contributed by atoms with Crippen LogP contribution in [0.15, 0.2) is 30.3 Å². The molecule has 0 fully saturated rings. The van der Waals surface area contributed by atoms with E-state index in [1.165, 1.54) is 25.1 Å². The molecule has 0 atom stereocenters. The Morgan fingerprint density at radius 2 is 1.90 bits per heavy atom. The standard InChI is InChI=1S/C14H9ClF3NO/c1-7-3-2-4-9(12(7)18)14(20)19-13-10(15)5-8(16)6-11(13)17/h2-6H,1H3,(H,19,20). The molecule has 0 aliphatic rings. The molecule has 0 aromatic heterocycles. The number of hydrogen-bond acceptors (Lipinski definition) is 1. The SMILES string of the molecule is Cc1cccc(C(=O)Nc2c(F)cc(F)cc2Cl)c1F. The summed E-state index contributed by atoms with van der Waals surface area (Å²) in [4.78, 5) is 11.9. The van der Waals surface area contributed by atoms with Crippen LogP contribution in [0.1, 0.15) is 15.9 Å². The van der Waals surface area contributed by atoms with Crippen LogP contribution >= 0.6 is 11.6 Å². The van der Waals surface area contributed by atoms with Crippen molar-refractivity contribution in [2.75, 3.05) is 5.32 Å². The molecular weight excluding hydrogens is 291 g/mol. The van der Waals surface area contributed by atoms with E-state index in [2.05, 4.69) is 5.32 Å². The summed E-state index contributed by atoms with van der Waals surface area (Å²) < 4.78 is 40.2. The number of amides is 1. The van der Waals surface area contributed by atoms with Gasteiger partial charge in [-0.2, -0.15) is 0 Å². The van der Waals surface area contributed by atoms with E-state index >= 15 is 0 Å². The van der Waals surface area contributed by atoms with Crippen molar-refractivity contribution >= 4 is 23.2 Å². The number of hydrogen-bond donors (Lipinski definition) is 1. The molecule has 0 heterocycles. The van der Waals surface area contributed by atoms with Gasteiger partial charge in [0.05, 0.1) is 16.3 Å². The zero-order valence-electron chi connectivity index (χ0n) is 10.3. The summed E-state index contributed by atoms with van der Waals surface area (Å²) in [6.07, 6.45) is 0. The third kappa shape index (κ3) is 2.77. The van der Waals surface area contributed by atoms with E-state index < -0.39 is 23.4 Å². The number of nitrogens with one attached hydrogen (secondary N) is 1. The highest BCUT2D eigenvalue weighted by Crippen LogP contribution is 2.27. The molecule has 0 unspecified atom stereocenters. The number of halogens is 4. The second-order valence-electron chi connectivity index (χ2n) is 4.14. The minimum absolute atomic E-state index is 0.246. The van der Waals surface area contributed by atoms with Crippen molar-refractivity contribution in [3.8, 4) is 0 Å². The zero-order chi connectivity index (χ0) is 14.9. The predicted molar refractivity (Wildman–Crippen MR) is 70.5 cm³/mol. The van der Waals surface area contributed by atoms with Gasteiger partial charge in [-0.05, 0) is 24.6 Å². The minimum atomic E-state index is -1.03. The maximum atomic E-state index is 13.8. The topological polar surface area (TPSA) is 29.1 Å². The summed E-state index contributed by atoms with van der Waals surface area (Å²) in [5.41, 5.74) is -0.355. The van der Waals surface area contributed by atoms with Gasteiger partial charge in [0.25, 0.3) is 5.91 Å². The lowest BCUT2D eigenvalue weighted by molar-refractivity contribution is 0.102. The van der Waals surface area contributed by atoms with Crippen molar-refractivity contribution in [2.24, 2.45) is 0 Å². The molecule has 0 spiro atoms. The van der Waals surface area contributed by atoms with Gasteiger partial charge in [0.2, 0.25) is 0 Å². The van der Waals surface area contributed by atoms with Gasteiger partial charge in [-0.15, -0.1) is 0 Å². The first-order chi connectivity index (χ1) is 9.40. The normalized spacial score (nSPS) is 10.4. The summed E-state index contributed by atoms with van der Waals surface area (Å²) in [7, 11) is 0. The van der Waals surface area contributed by atoms with Gasteiger partial charge >= 0.3 is 0 Å². The van der Waals surface area contributed by atoms with Crippen LogP contribution in [0.3, 0.4) is 0 Å². The van der Waals surface area contributed by atoms with Gasteiger partial charge in [-0.1, -0.05) is 23.7 Å². The van der Waals surface area contributed by atoms with Crippen molar-refractivity contribution in [3.05, 3.63) is 63.9 Å². The number of rotatable bonds is 2. The summed E-state index contributed by atoms with van der Waals surface area (Å²) >= 11 is 5.65. The fourth-order valence-corrected chi connectivity index (χ4v) is 1.91. The monoisotopic (exact) mass is 299 g/mol. The van der Waals surface area contributed by atoms with Crippen LogP contribution in [0.5, 0.6) is 0 Å². The van der Waals surface area contributed by atoms with E-state index in [4.69, 9.17) is 11.6 Å². The van der Waals surface area contributed by atoms with Gasteiger partial charge in [-0.25, -0.2) is 13.2 Å². The van der Waals surface area contributed by atoms with E-state index in [-0.39, 0.29) is 21.8 Å². The highest BCUT2D eigenvalue weighted by atomic mass is 35.5. The molecule has 2 nitrogen and oxygen atoms in total. The Kier molecular flexibility index (Phi) is 3.99. The number of aryl methyl sites for hydroxylation is 1. The quantitative estimate of drug-likeness (QED) is 0.879. The molecule has 1 N–H and O–H groups in total. The largest absolute Gasteiger partial charge is 0.318 e. The lowest BCUT2D eigenvalue weighted by atomic mass is 10.1. The molecule has 0 bridgehead atoms.